The van der Waals surface area contributed by atoms with Crippen molar-refractivity contribution in [3.8, 4) is 11.3 Å². The van der Waals surface area contributed by atoms with Crippen LogP contribution in [0.2, 0.25) is 0 Å². The Kier molecular flexibility index (Phi) is 3.04. The quantitative estimate of drug-likeness (QED) is 0.882. The van der Waals surface area contributed by atoms with Gasteiger partial charge in [-0.05, 0) is 24.6 Å². The number of carboxylic acid groups (broad SMARTS) is 2. The van der Waals surface area contributed by atoms with E-state index in [1.165, 1.54) is 0 Å². The van der Waals surface area contributed by atoms with Gasteiger partial charge in [0.05, 0.1) is 5.56 Å². The van der Waals surface area contributed by atoms with Gasteiger partial charge in [0.25, 0.3) is 0 Å². The van der Waals surface area contributed by atoms with Gasteiger partial charge in [0.1, 0.15) is 5.82 Å². The molecule has 19 heavy (non-hydrogen) atoms. The predicted molar refractivity (Wildman–Crippen MR) is 60.6 cm³/mol. The summed E-state index contributed by atoms with van der Waals surface area (Å²) in [6, 6.07) is 3.27. The van der Waals surface area contributed by atoms with E-state index in [4.69, 9.17) is 14.7 Å². The van der Waals surface area contributed by atoms with E-state index in [1.807, 2.05) is 0 Å². The van der Waals surface area contributed by atoms with Crippen LogP contribution in [0.1, 0.15) is 26.4 Å². The topological polar surface area (TPSA) is 101 Å². The van der Waals surface area contributed by atoms with Crippen molar-refractivity contribution in [2.24, 2.45) is 0 Å². The Balaban J connectivity index is 2.57. The van der Waals surface area contributed by atoms with Gasteiger partial charge in [0, 0.05) is 11.6 Å². The molecule has 1 aromatic carbocycles. The van der Waals surface area contributed by atoms with Crippen LogP contribution in [0.15, 0.2) is 22.7 Å². The molecule has 0 radical (unpaired) electrons. The first kappa shape index (κ1) is 12.7. The fourth-order valence-electron chi connectivity index (χ4n) is 1.60. The third kappa shape index (κ3) is 2.30. The minimum atomic E-state index is -1.42. The van der Waals surface area contributed by atoms with Crippen molar-refractivity contribution in [2.75, 3.05) is 0 Å². The number of benzene rings is 1. The Morgan fingerprint density at radius 3 is 2.42 bits per heavy atom. The Labute approximate surface area is 106 Å². The molecule has 0 spiro atoms. The second kappa shape index (κ2) is 4.52. The minimum Gasteiger partial charge on any atom is -0.478 e. The normalized spacial score (nSPS) is 10.4. The average molecular weight is 265 g/mol. The third-order valence-electron chi connectivity index (χ3n) is 2.54. The van der Waals surface area contributed by atoms with Crippen LogP contribution in [-0.2, 0) is 0 Å². The zero-order valence-corrected chi connectivity index (χ0v) is 9.68. The SMILES string of the molecule is Cc1cc(F)c(C(=O)O)cc1-c1cc(C(=O)O)no1. The van der Waals surface area contributed by atoms with Crippen molar-refractivity contribution in [2.45, 2.75) is 6.92 Å². The van der Waals surface area contributed by atoms with Crippen molar-refractivity contribution < 1.29 is 28.7 Å². The highest BCUT2D eigenvalue weighted by molar-refractivity contribution is 5.90. The molecule has 0 saturated carbocycles. The average Bonchev–Trinajstić information content (AvgIpc) is 2.77. The monoisotopic (exact) mass is 265 g/mol. The molecule has 0 fully saturated rings. The molecule has 1 aromatic heterocycles. The number of aryl methyl sites for hydroxylation is 1. The molecule has 2 N–H and O–H groups in total. The molecule has 0 amide bonds. The van der Waals surface area contributed by atoms with Crippen molar-refractivity contribution in [1.29, 1.82) is 0 Å². The van der Waals surface area contributed by atoms with Gasteiger partial charge in [-0.25, -0.2) is 14.0 Å². The third-order valence-corrected chi connectivity index (χ3v) is 2.54. The Morgan fingerprint density at radius 1 is 1.21 bits per heavy atom. The number of nitrogens with zero attached hydrogens (tertiary/aromatic N) is 1. The largest absolute Gasteiger partial charge is 0.478 e. The highest BCUT2D eigenvalue weighted by Crippen LogP contribution is 2.27. The Hall–Kier alpha value is -2.70. The van der Waals surface area contributed by atoms with E-state index in [0.29, 0.717) is 5.56 Å². The van der Waals surface area contributed by atoms with E-state index in [1.54, 1.807) is 6.92 Å². The molecule has 0 unspecified atom stereocenters. The summed E-state index contributed by atoms with van der Waals surface area (Å²) in [4.78, 5) is 21.5. The first-order valence-corrected chi connectivity index (χ1v) is 5.14. The van der Waals surface area contributed by atoms with Crippen LogP contribution in [0, 0.1) is 12.7 Å². The molecule has 1 heterocycles. The number of carboxylic acids is 2. The summed E-state index contributed by atoms with van der Waals surface area (Å²) in [5.41, 5.74) is -0.140. The smallest absolute Gasteiger partial charge is 0.358 e. The highest BCUT2D eigenvalue weighted by atomic mass is 19.1. The summed E-state index contributed by atoms with van der Waals surface area (Å²) in [5, 5.41) is 20.9. The lowest BCUT2D eigenvalue weighted by molar-refractivity contribution is 0.0677. The van der Waals surface area contributed by atoms with Gasteiger partial charge in [-0.3, -0.25) is 0 Å². The van der Waals surface area contributed by atoms with Crippen LogP contribution < -0.4 is 0 Å². The van der Waals surface area contributed by atoms with Crippen LogP contribution in [0.25, 0.3) is 11.3 Å². The van der Waals surface area contributed by atoms with Gasteiger partial charge in [0.15, 0.2) is 11.5 Å². The second-order valence-corrected chi connectivity index (χ2v) is 3.83. The number of aromatic nitrogens is 1. The number of aromatic carboxylic acids is 2. The molecular formula is C12H8FNO5. The highest BCUT2D eigenvalue weighted by Gasteiger charge is 2.18. The van der Waals surface area contributed by atoms with Gasteiger partial charge in [0.2, 0.25) is 0 Å². The zero-order valence-electron chi connectivity index (χ0n) is 9.68. The van der Waals surface area contributed by atoms with Gasteiger partial charge in [-0.15, -0.1) is 0 Å². The van der Waals surface area contributed by atoms with Gasteiger partial charge < -0.3 is 14.7 Å². The van der Waals surface area contributed by atoms with E-state index < -0.39 is 23.3 Å². The first-order valence-electron chi connectivity index (χ1n) is 5.14. The Morgan fingerprint density at radius 2 is 1.89 bits per heavy atom. The van der Waals surface area contributed by atoms with Crippen LogP contribution in [-0.4, -0.2) is 27.3 Å². The van der Waals surface area contributed by atoms with E-state index in [-0.39, 0.29) is 17.0 Å². The number of hydrogen-bond acceptors (Lipinski definition) is 4. The molecule has 0 saturated heterocycles. The van der Waals surface area contributed by atoms with E-state index >= 15 is 0 Å². The predicted octanol–water partition coefficient (Wildman–Crippen LogP) is 2.19. The summed E-state index contributed by atoms with van der Waals surface area (Å²) in [7, 11) is 0. The van der Waals surface area contributed by atoms with Crippen LogP contribution >= 0.6 is 0 Å². The van der Waals surface area contributed by atoms with Crippen molar-refractivity contribution in [1.82, 2.24) is 5.16 Å². The first-order chi connectivity index (χ1) is 8.90. The van der Waals surface area contributed by atoms with Gasteiger partial charge >= 0.3 is 11.9 Å². The fourth-order valence-corrected chi connectivity index (χ4v) is 1.60. The van der Waals surface area contributed by atoms with Crippen LogP contribution in [0.5, 0.6) is 0 Å². The maximum Gasteiger partial charge on any atom is 0.358 e. The lowest BCUT2D eigenvalue weighted by atomic mass is 10.0. The minimum absolute atomic E-state index is 0.0670. The molecule has 2 rings (SSSR count). The van der Waals surface area contributed by atoms with Crippen molar-refractivity contribution in [3.05, 3.63) is 40.8 Å². The number of carbonyl (C=O) groups is 2. The van der Waals surface area contributed by atoms with Crippen molar-refractivity contribution in [3.63, 3.8) is 0 Å². The van der Waals surface area contributed by atoms with Crippen LogP contribution in [0.4, 0.5) is 4.39 Å². The summed E-state index contributed by atoms with van der Waals surface area (Å²) in [6.07, 6.45) is 0. The lowest BCUT2D eigenvalue weighted by Crippen LogP contribution is -2.02. The standard InChI is InChI=1S/C12H8FNO5/c1-5-2-8(13)7(11(15)16)3-6(5)10-4-9(12(17)18)14-19-10/h2-4H,1H3,(H,15,16)(H,17,18). The maximum atomic E-state index is 13.4. The maximum absolute atomic E-state index is 13.4. The summed E-state index contributed by atoms with van der Waals surface area (Å²) in [5.74, 6) is -3.49. The summed E-state index contributed by atoms with van der Waals surface area (Å²) >= 11 is 0. The van der Waals surface area contributed by atoms with Crippen LogP contribution in [0.3, 0.4) is 0 Å². The van der Waals surface area contributed by atoms with Gasteiger partial charge in [-0.1, -0.05) is 5.16 Å². The second-order valence-electron chi connectivity index (χ2n) is 3.83. The molecule has 0 aliphatic rings. The number of rotatable bonds is 3. The molecule has 0 atom stereocenters. The number of halogens is 1. The molecular weight excluding hydrogens is 257 g/mol. The molecule has 0 aliphatic heterocycles. The van der Waals surface area contributed by atoms with Crippen molar-refractivity contribution >= 4 is 11.9 Å². The fraction of sp³-hybridized carbons (Fsp3) is 0.0833. The zero-order chi connectivity index (χ0) is 14.2. The van der Waals surface area contributed by atoms with Gasteiger partial charge in [-0.2, -0.15) is 0 Å². The molecule has 6 nitrogen and oxygen atoms in total. The van der Waals surface area contributed by atoms with E-state index in [2.05, 4.69) is 5.16 Å². The molecule has 0 aliphatic carbocycles. The summed E-state index contributed by atoms with van der Waals surface area (Å²) in [6.45, 7) is 1.55. The number of hydrogen-bond donors (Lipinski definition) is 2. The molecule has 98 valence electrons. The van der Waals surface area contributed by atoms with E-state index in [9.17, 15) is 14.0 Å². The molecule has 0 bridgehead atoms. The lowest BCUT2D eigenvalue weighted by Gasteiger charge is -2.04. The summed E-state index contributed by atoms with van der Waals surface area (Å²) < 4.78 is 18.2. The molecule has 2 aromatic rings. The van der Waals surface area contributed by atoms with E-state index in [0.717, 1.165) is 18.2 Å². The Bertz CT molecular complexity index is 677. The molecule has 7 heteroatoms.